The van der Waals surface area contributed by atoms with E-state index in [9.17, 15) is 19.7 Å². The molecular formula is C19H16N2O5S. The Morgan fingerprint density at radius 3 is 2.52 bits per heavy atom. The predicted molar refractivity (Wildman–Crippen MR) is 102 cm³/mol. The van der Waals surface area contributed by atoms with Gasteiger partial charge >= 0.3 is 0 Å². The van der Waals surface area contributed by atoms with Crippen LogP contribution in [0.25, 0.3) is 6.08 Å². The van der Waals surface area contributed by atoms with Gasteiger partial charge in [0.2, 0.25) is 0 Å². The van der Waals surface area contributed by atoms with E-state index in [1.807, 2.05) is 6.92 Å². The molecule has 1 aliphatic heterocycles. The predicted octanol–water partition coefficient (Wildman–Crippen LogP) is 4.23. The van der Waals surface area contributed by atoms with Crippen LogP contribution in [-0.4, -0.2) is 27.6 Å². The second-order valence-corrected chi connectivity index (χ2v) is 6.65. The average molecular weight is 384 g/mol. The van der Waals surface area contributed by atoms with Crippen LogP contribution in [0, 0.1) is 10.1 Å². The highest BCUT2D eigenvalue weighted by Crippen LogP contribution is 2.34. The third kappa shape index (κ3) is 4.17. The van der Waals surface area contributed by atoms with Crippen LogP contribution in [0.3, 0.4) is 0 Å². The van der Waals surface area contributed by atoms with E-state index in [1.165, 1.54) is 12.1 Å². The fourth-order valence-electron chi connectivity index (χ4n) is 2.61. The van der Waals surface area contributed by atoms with Crippen LogP contribution in [-0.2, 0) is 11.3 Å². The minimum absolute atomic E-state index is 0.118. The molecule has 1 heterocycles. The summed E-state index contributed by atoms with van der Waals surface area (Å²) in [4.78, 5) is 36.8. The number of nitrogens with zero attached hydrogens (tertiary/aromatic N) is 2. The summed E-state index contributed by atoms with van der Waals surface area (Å²) in [7, 11) is 0. The second-order valence-electron chi connectivity index (χ2n) is 5.66. The lowest BCUT2D eigenvalue weighted by molar-refractivity contribution is -0.385. The summed E-state index contributed by atoms with van der Waals surface area (Å²) in [5, 5.41) is 10.7. The first-order valence-corrected chi connectivity index (χ1v) is 9.01. The van der Waals surface area contributed by atoms with Crippen LogP contribution >= 0.6 is 11.8 Å². The summed E-state index contributed by atoms with van der Waals surface area (Å²) in [5.41, 5.74) is 0.953. The molecule has 0 radical (unpaired) electrons. The van der Waals surface area contributed by atoms with Crippen molar-refractivity contribution >= 4 is 34.7 Å². The summed E-state index contributed by atoms with van der Waals surface area (Å²) in [5.74, 6) is 0.260. The largest absolute Gasteiger partial charge is 0.494 e. The number of hydrogen-bond acceptors (Lipinski definition) is 6. The van der Waals surface area contributed by atoms with E-state index < -0.39 is 16.1 Å². The normalized spacial score (nSPS) is 15.4. The lowest BCUT2D eigenvalue weighted by Gasteiger charge is -2.12. The molecule has 1 saturated heterocycles. The molecule has 0 atom stereocenters. The molecule has 0 aliphatic carbocycles. The van der Waals surface area contributed by atoms with Gasteiger partial charge in [0.1, 0.15) is 5.75 Å². The van der Waals surface area contributed by atoms with E-state index in [0.717, 1.165) is 28.0 Å². The molecule has 0 spiro atoms. The van der Waals surface area contributed by atoms with Gasteiger partial charge in [-0.1, -0.05) is 30.3 Å². The van der Waals surface area contributed by atoms with Gasteiger partial charge in [0.15, 0.2) is 0 Å². The Morgan fingerprint density at radius 1 is 1.15 bits per heavy atom. The van der Waals surface area contributed by atoms with Gasteiger partial charge in [-0.3, -0.25) is 24.6 Å². The number of amides is 2. The highest BCUT2D eigenvalue weighted by Gasteiger charge is 2.36. The molecule has 1 fully saturated rings. The van der Waals surface area contributed by atoms with Crippen molar-refractivity contribution < 1.29 is 19.2 Å². The first-order valence-electron chi connectivity index (χ1n) is 8.20. The minimum atomic E-state index is -0.524. The van der Waals surface area contributed by atoms with Gasteiger partial charge < -0.3 is 4.74 Å². The van der Waals surface area contributed by atoms with Gasteiger partial charge in [-0.05, 0) is 42.5 Å². The third-order valence-corrected chi connectivity index (χ3v) is 4.79. The van der Waals surface area contributed by atoms with Crippen LogP contribution in [0.2, 0.25) is 0 Å². The van der Waals surface area contributed by atoms with Crippen LogP contribution < -0.4 is 4.74 Å². The van der Waals surface area contributed by atoms with Crippen LogP contribution in [0.4, 0.5) is 10.5 Å². The smallest absolute Gasteiger partial charge is 0.293 e. The first kappa shape index (κ1) is 18.7. The molecule has 1 aliphatic rings. The standard InChI is InChI=1S/C19H16N2O5S/c1-2-26-15-9-7-13(8-10-15)11-17-18(22)20(19(23)27-17)12-14-5-3-4-6-16(14)21(24)25/h3-11H,2,12H2,1H3/b17-11+. The summed E-state index contributed by atoms with van der Waals surface area (Å²) < 4.78 is 5.37. The molecule has 3 rings (SSSR count). The van der Waals surface area contributed by atoms with Crippen molar-refractivity contribution in [3.05, 3.63) is 74.7 Å². The van der Waals surface area contributed by atoms with Gasteiger partial charge in [-0.2, -0.15) is 0 Å². The topological polar surface area (TPSA) is 89.8 Å². The van der Waals surface area contributed by atoms with Crippen molar-refractivity contribution in [3.8, 4) is 5.75 Å². The number of benzene rings is 2. The summed E-state index contributed by atoms with van der Waals surface area (Å²) in [6.45, 7) is 2.31. The highest BCUT2D eigenvalue weighted by molar-refractivity contribution is 8.18. The lowest BCUT2D eigenvalue weighted by Crippen LogP contribution is -2.27. The summed E-state index contributed by atoms with van der Waals surface area (Å²) in [6.07, 6.45) is 1.63. The molecule has 27 heavy (non-hydrogen) atoms. The summed E-state index contributed by atoms with van der Waals surface area (Å²) >= 11 is 0.822. The maximum absolute atomic E-state index is 12.6. The quantitative estimate of drug-likeness (QED) is 0.421. The Hall–Kier alpha value is -3.13. The zero-order chi connectivity index (χ0) is 19.4. The molecule has 0 bridgehead atoms. The molecule has 0 N–H and O–H groups in total. The number of nitro groups is 1. The number of carbonyl (C=O) groups is 2. The van der Waals surface area contributed by atoms with E-state index in [1.54, 1.807) is 42.5 Å². The molecule has 2 aromatic carbocycles. The van der Waals surface area contributed by atoms with Crippen molar-refractivity contribution in [2.45, 2.75) is 13.5 Å². The van der Waals surface area contributed by atoms with Crippen LogP contribution in [0.1, 0.15) is 18.1 Å². The molecule has 2 amide bonds. The van der Waals surface area contributed by atoms with E-state index in [0.29, 0.717) is 12.2 Å². The summed E-state index contributed by atoms with van der Waals surface area (Å²) in [6, 6.07) is 13.2. The number of thioether (sulfide) groups is 1. The molecule has 0 aromatic heterocycles. The third-order valence-electron chi connectivity index (χ3n) is 3.88. The molecule has 7 nitrogen and oxygen atoms in total. The van der Waals surface area contributed by atoms with Crippen LogP contribution in [0.15, 0.2) is 53.4 Å². The SMILES string of the molecule is CCOc1ccc(/C=C2/SC(=O)N(Cc3ccccc3[N+](=O)[O-])C2=O)cc1. The highest BCUT2D eigenvalue weighted by atomic mass is 32.2. The average Bonchev–Trinajstić information content (AvgIpc) is 2.91. The van der Waals surface area contributed by atoms with E-state index in [-0.39, 0.29) is 17.1 Å². The first-order chi connectivity index (χ1) is 13.0. The number of para-hydroxylation sites is 1. The number of imide groups is 1. The van der Waals surface area contributed by atoms with Gasteiger partial charge in [-0.15, -0.1) is 0 Å². The number of rotatable bonds is 6. The van der Waals surface area contributed by atoms with E-state index in [4.69, 9.17) is 4.74 Å². The Bertz CT molecular complexity index is 924. The Balaban J connectivity index is 1.80. The Labute approximate surface area is 159 Å². The van der Waals surface area contributed by atoms with Gasteiger partial charge in [-0.25, -0.2) is 0 Å². The zero-order valence-electron chi connectivity index (χ0n) is 14.5. The molecule has 0 saturated carbocycles. The fraction of sp³-hybridized carbons (Fsp3) is 0.158. The van der Waals surface area contributed by atoms with Gasteiger partial charge in [0.05, 0.1) is 23.0 Å². The fourth-order valence-corrected chi connectivity index (χ4v) is 3.45. The molecule has 0 unspecified atom stereocenters. The van der Waals surface area contributed by atoms with Crippen molar-refractivity contribution in [3.63, 3.8) is 0 Å². The maximum Gasteiger partial charge on any atom is 0.293 e. The zero-order valence-corrected chi connectivity index (χ0v) is 15.3. The number of hydrogen-bond donors (Lipinski definition) is 0. The van der Waals surface area contributed by atoms with Crippen LogP contribution in [0.5, 0.6) is 5.75 Å². The maximum atomic E-state index is 12.6. The Morgan fingerprint density at radius 2 is 1.85 bits per heavy atom. The lowest BCUT2D eigenvalue weighted by atomic mass is 10.1. The second kappa shape index (κ2) is 8.05. The number of ether oxygens (including phenoxy) is 1. The molecule has 2 aromatic rings. The van der Waals surface area contributed by atoms with E-state index in [2.05, 4.69) is 0 Å². The molecular weight excluding hydrogens is 368 g/mol. The van der Waals surface area contributed by atoms with Gasteiger partial charge in [0, 0.05) is 11.6 Å². The van der Waals surface area contributed by atoms with Crippen molar-refractivity contribution in [1.29, 1.82) is 0 Å². The number of nitro benzene ring substituents is 1. The van der Waals surface area contributed by atoms with Crippen molar-refractivity contribution in [1.82, 2.24) is 4.90 Å². The van der Waals surface area contributed by atoms with Gasteiger partial charge in [0.25, 0.3) is 16.8 Å². The number of carbonyl (C=O) groups excluding carboxylic acids is 2. The Kier molecular flexibility index (Phi) is 5.56. The van der Waals surface area contributed by atoms with E-state index >= 15 is 0 Å². The molecule has 8 heteroatoms. The van der Waals surface area contributed by atoms with Crippen molar-refractivity contribution in [2.75, 3.05) is 6.61 Å². The van der Waals surface area contributed by atoms with Crippen molar-refractivity contribution in [2.24, 2.45) is 0 Å². The monoisotopic (exact) mass is 384 g/mol. The molecule has 138 valence electrons. The minimum Gasteiger partial charge on any atom is -0.494 e.